The molecule has 0 saturated heterocycles. The Morgan fingerprint density at radius 3 is 2.53 bits per heavy atom. The summed E-state index contributed by atoms with van der Waals surface area (Å²) in [6, 6.07) is 2.94. The van der Waals surface area contributed by atoms with Gasteiger partial charge >= 0.3 is 0 Å². The molecule has 0 aromatic heterocycles. The molecule has 0 unspecified atom stereocenters. The Hall–Kier alpha value is -1.58. The van der Waals surface area contributed by atoms with Gasteiger partial charge in [0.15, 0.2) is 11.5 Å². The standard InChI is InChI=1S/C13H20O4/c1-3-4-5-6-9-17-13-11(16-2)8-7-10(14)12(13)15/h7-8,14-15H,3-6,9H2,1-2H3. The molecule has 0 amide bonds. The van der Waals surface area contributed by atoms with E-state index in [1.807, 2.05) is 0 Å². The lowest BCUT2D eigenvalue weighted by Crippen LogP contribution is -1.99. The summed E-state index contributed by atoms with van der Waals surface area (Å²) in [5.41, 5.74) is 0. The molecular formula is C13H20O4. The van der Waals surface area contributed by atoms with Crippen LogP contribution in [0.2, 0.25) is 0 Å². The molecule has 0 aliphatic heterocycles. The van der Waals surface area contributed by atoms with E-state index < -0.39 is 0 Å². The van der Waals surface area contributed by atoms with Crippen molar-refractivity contribution in [2.75, 3.05) is 13.7 Å². The highest BCUT2D eigenvalue weighted by Crippen LogP contribution is 2.42. The van der Waals surface area contributed by atoms with Crippen molar-refractivity contribution in [3.63, 3.8) is 0 Å². The number of phenolic OH excluding ortho intramolecular Hbond substituents is 2. The lowest BCUT2D eigenvalue weighted by atomic mass is 10.2. The monoisotopic (exact) mass is 240 g/mol. The molecule has 0 aliphatic rings. The lowest BCUT2D eigenvalue weighted by Gasteiger charge is -2.12. The number of unbranched alkanes of at least 4 members (excludes halogenated alkanes) is 3. The summed E-state index contributed by atoms with van der Waals surface area (Å²) in [5, 5.41) is 19.0. The predicted octanol–water partition coefficient (Wildman–Crippen LogP) is 3.07. The van der Waals surface area contributed by atoms with Gasteiger partial charge in [-0.1, -0.05) is 26.2 Å². The number of aromatic hydroxyl groups is 2. The Labute approximate surface area is 102 Å². The summed E-state index contributed by atoms with van der Waals surface area (Å²) in [5.74, 6) is 0.175. The van der Waals surface area contributed by atoms with E-state index in [1.165, 1.54) is 26.0 Å². The average Bonchev–Trinajstić information content (AvgIpc) is 2.34. The molecular weight excluding hydrogens is 220 g/mol. The Bertz CT molecular complexity index is 350. The molecule has 96 valence electrons. The molecule has 0 heterocycles. The van der Waals surface area contributed by atoms with Gasteiger partial charge in [-0.05, 0) is 18.6 Å². The van der Waals surface area contributed by atoms with Gasteiger partial charge in [0.25, 0.3) is 0 Å². The van der Waals surface area contributed by atoms with Crippen LogP contribution in [0.1, 0.15) is 32.6 Å². The van der Waals surface area contributed by atoms with Crippen LogP contribution in [0, 0.1) is 0 Å². The van der Waals surface area contributed by atoms with Crippen molar-refractivity contribution < 1.29 is 19.7 Å². The zero-order chi connectivity index (χ0) is 12.7. The summed E-state index contributed by atoms with van der Waals surface area (Å²) < 4.78 is 10.5. The van der Waals surface area contributed by atoms with E-state index in [0.29, 0.717) is 12.4 Å². The second-order valence-corrected chi connectivity index (χ2v) is 3.87. The number of benzene rings is 1. The van der Waals surface area contributed by atoms with Crippen LogP contribution >= 0.6 is 0 Å². The molecule has 4 nitrogen and oxygen atoms in total. The molecule has 2 N–H and O–H groups in total. The highest BCUT2D eigenvalue weighted by molar-refractivity contribution is 5.57. The molecule has 1 rings (SSSR count). The Balaban J connectivity index is 2.59. The summed E-state index contributed by atoms with van der Waals surface area (Å²) in [6.45, 7) is 2.65. The van der Waals surface area contributed by atoms with Gasteiger partial charge in [0.05, 0.1) is 13.7 Å². The molecule has 0 radical (unpaired) electrons. The summed E-state index contributed by atoms with van der Waals surface area (Å²) >= 11 is 0. The molecule has 0 aliphatic carbocycles. The second-order valence-electron chi connectivity index (χ2n) is 3.87. The first-order valence-corrected chi connectivity index (χ1v) is 5.92. The lowest BCUT2D eigenvalue weighted by molar-refractivity contribution is 0.266. The molecule has 4 heteroatoms. The number of methoxy groups -OCH3 is 1. The van der Waals surface area contributed by atoms with Crippen molar-refractivity contribution >= 4 is 0 Å². The van der Waals surface area contributed by atoms with Gasteiger partial charge in [0, 0.05) is 0 Å². The van der Waals surface area contributed by atoms with Crippen LogP contribution in [0.3, 0.4) is 0 Å². The summed E-state index contributed by atoms with van der Waals surface area (Å²) in [6.07, 6.45) is 4.36. The molecule has 0 atom stereocenters. The fourth-order valence-corrected chi connectivity index (χ4v) is 1.55. The number of hydrogen-bond donors (Lipinski definition) is 2. The molecule has 1 aromatic rings. The van der Waals surface area contributed by atoms with Crippen LogP contribution in [0.25, 0.3) is 0 Å². The van der Waals surface area contributed by atoms with Crippen LogP contribution in [-0.2, 0) is 0 Å². The fraction of sp³-hybridized carbons (Fsp3) is 0.538. The molecule has 1 aromatic carbocycles. The van der Waals surface area contributed by atoms with Gasteiger partial charge in [0.1, 0.15) is 0 Å². The number of ether oxygens (including phenoxy) is 2. The van der Waals surface area contributed by atoms with Crippen molar-refractivity contribution in [2.45, 2.75) is 32.6 Å². The third kappa shape index (κ3) is 3.73. The zero-order valence-electron chi connectivity index (χ0n) is 10.4. The Morgan fingerprint density at radius 2 is 1.88 bits per heavy atom. The van der Waals surface area contributed by atoms with Gasteiger partial charge in [-0.3, -0.25) is 0 Å². The molecule has 0 fully saturated rings. The number of phenols is 2. The quantitative estimate of drug-likeness (QED) is 0.568. The smallest absolute Gasteiger partial charge is 0.207 e. The Morgan fingerprint density at radius 1 is 1.12 bits per heavy atom. The number of hydrogen-bond acceptors (Lipinski definition) is 4. The van der Waals surface area contributed by atoms with E-state index in [4.69, 9.17) is 9.47 Å². The normalized spacial score (nSPS) is 10.2. The van der Waals surface area contributed by atoms with Gasteiger partial charge in [-0.2, -0.15) is 0 Å². The number of rotatable bonds is 7. The van der Waals surface area contributed by atoms with E-state index in [2.05, 4.69) is 6.92 Å². The van der Waals surface area contributed by atoms with E-state index in [0.717, 1.165) is 12.8 Å². The maximum atomic E-state index is 9.66. The van der Waals surface area contributed by atoms with Gasteiger partial charge in [0.2, 0.25) is 11.5 Å². The maximum Gasteiger partial charge on any atom is 0.207 e. The topological polar surface area (TPSA) is 58.9 Å². The van der Waals surface area contributed by atoms with Gasteiger partial charge in [-0.25, -0.2) is 0 Å². The molecule has 0 saturated carbocycles. The molecule has 17 heavy (non-hydrogen) atoms. The van der Waals surface area contributed by atoms with Crippen molar-refractivity contribution in [3.8, 4) is 23.0 Å². The van der Waals surface area contributed by atoms with Crippen LogP contribution in [-0.4, -0.2) is 23.9 Å². The Kier molecular flexibility index (Phi) is 5.46. The van der Waals surface area contributed by atoms with E-state index in [-0.39, 0.29) is 17.2 Å². The van der Waals surface area contributed by atoms with Crippen molar-refractivity contribution in [3.05, 3.63) is 12.1 Å². The average molecular weight is 240 g/mol. The van der Waals surface area contributed by atoms with Crippen LogP contribution in [0.4, 0.5) is 0 Å². The largest absolute Gasteiger partial charge is 0.504 e. The fourth-order valence-electron chi connectivity index (χ4n) is 1.55. The zero-order valence-corrected chi connectivity index (χ0v) is 10.4. The minimum absolute atomic E-state index is 0.200. The van der Waals surface area contributed by atoms with Crippen molar-refractivity contribution in [2.24, 2.45) is 0 Å². The van der Waals surface area contributed by atoms with Crippen molar-refractivity contribution in [1.82, 2.24) is 0 Å². The van der Waals surface area contributed by atoms with Crippen LogP contribution < -0.4 is 9.47 Å². The van der Waals surface area contributed by atoms with Crippen molar-refractivity contribution in [1.29, 1.82) is 0 Å². The van der Waals surface area contributed by atoms with Gasteiger partial charge < -0.3 is 19.7 Å². The summed E-state index contributed by atoms with van der Waals surface area (Å²) in [4.78, 5) is 0. The van der Waals surface area contributed by atoms with E-state index in [1.54, 1.807) is 6.07 Å². The minimum Gasteiger partial charge on any atom is -0.504 e. The van der Waals surface area contributed by atoms with Crippen LogP contribution in [0.15, 0.2) is 12.1 Å². The first-order valence-electron chi connectivity index (χ1n) is 5.92. The summed E-state index contributed by atoms with van der Waals surface area (Å²) in [7, 11) is 1.50. The molecule has 0 bridgehead atoms. The third-order valence-corrected chi connectivity index (χ3v) is 2.54. The van der Waals surface area contributed by atoms with Gasteiger partial charge in [-0.15, -0.1) is 0 Å². The maximum absolute atomic E-state index is 9.66. The second kappa shape index (κ2) is 6.89. The SMILES string of the molecule is CCCCCCOc1c(OC)ccc(O)c1O. The highest BCUT2D eigenvalue weighted by atomic mass is 16.5. The molecule has 0 spiro atoms. The highest BCUT2D eigenvalue weighted by Gasteiger charge is 2.14. The predicted molar refractivity (Wildman–Crippen MR) is 66.0 cm³/mol. The van der Waals surface area contributed by atoms with E-state index in [9.17, 15) is 10.2 Å². The first kappa shape index (κ1) is 13.5. The minimum atomic E-state index is -0.264. The van der Waals surface area contributed by atoms with E-state index >= 15 is 0 Å². The third-order valence-electron chi connectivity index (χ3n) is 2.54. The van der Waals surface area contributed by atoms with Crippen LogP contribution in [0.5, 0.6) is 23.0 Å². The first-order chi connectivity index (χ1) is 8.20.